The summed E-state index contributed by atoms with van der Waals surface area (Å²) in [7, 11) is 0. The number of fused-ring (bicyclic) bond motifs is 1. The molecule has 5 nitrogen and oxygen atoms in total. The van der Waals surface area contributed by atoms with E-state index in [9.17, 15) is 4.79 Å². The largest absolute Gasteiger partial charge is 0.481 e. The Hall–Kier alpha value is -1.21. The van der Waals surface area contributed by atoms with E-state index < -0.39 is 5.97 Å². The van der Waals surface area contributed by atoms with Gasteiger partial charge in [0.25, 0.3) is 0 Å². The van der Waals surface area contributed by atoms with Crippen LogP contribution in [0.2, 0.25) is 0 Å². The highest BCUT2D eigenvalue weighted by atomic mass is 32.2. The number of carboxylic acids is 1. The van der Waals surface area contributed by atoms with Crippen molar-refractivity contribution in [2.24, 2.45) is 0 Å². The van der Waals surface area contributed by atoms with E-state index in [1.54, 1.807) is 6.20 Å². The molecule has 0 aromatic carbocycles. The van der Waals surface area contributed by atoms with Crippen molar-refractivity contribution < 1.29 is 9.90 Å². The summed E-state index contributed by atoms with van der Waals surface area (Å²) in [5.74, 6) is -0.802. The lowest BCUT2D eigenvalue weighted by molar-refractivity contribution is -0.133. The number of hydrogen-bond donors (Lipinski definition) is 1. The van der Waals surface area contributed by atoms with Gasteiger partial charge in [-0.3, -0.25) is 4.79 Å². The van der Waals surface area contributed by atoms with Gasteiger partial charge < -0.3 is 9.67 Å². The highest BCUT2D eigenvalue weighted by molar-refractivity contribution is 8.00. The average Bonchev–Trinajstić information content (AvgIpc) is 3.14. The quantitative estimate of drug-likeness (QED) is 0.825. The Morgan fingerprint density at radius 3 is 2.90 bits per heavy atom. The molecule has 1 N–H and O–H groups in total. The van der Waals surface area contributed by atoms with Gasteiger partial charge in [-0.05, 0) is 37.7 Å². The van der Waals surface area contributed by atoms with Crippen molar-refractivity contribution in [2.75, 3.05) is 12.0 Å². The summed E-state index contributed by atoms with van der Waals surface area (Å²) < 4.78 is 2.37. The van der Waals surface area contributed by atoms with Crippen LogP contribution in [-0.2, 0) is 11.3 Å². The van der Waals surface area contributed by atoms with Crippen LogP contribution in [0.1, 0.15) is 18.4 Å². The summed E-state index contributed by atoms with van der Waals surface area (Å²) in [4.78, 5) is 19.9. The molecule has 1 aliphatic rings. The number of pyridine rings is 1. The Morgan fingerprint density at radius 2 is 2.29 bits per heavy atom. The molecule has 0 radical (unpaired) electrons. The lowest BCUT2D eigenvalue weighted by atomic mass is 10.3. The Morgan fingerprint density at radius 1 is 1.52 bits per heavy atom. The van der Waals surface area contributed by atoms with E-state index in [2.05, 4.69) is 20.8 Å². The molecule has 2 aromatic rings. The van der Waals surface area contributed by atoms with Crippen LogP contribution in [0.25, 0.3) is 11.2 Å². The zero-order valence-electron chi connectivity index (χ0n) is 12.0. The maximum absolute atomic E-state index is 10.8. The van der Waals surface area contributed by atoms with Crippen molar-refractivity contribution in [3.8, 4) is 0 Å². The van der Waals surface area contributed by atoms with E-state index in [4.69, 9.17) is 5.11 Å². The van der Waals surface area contributed by atoms with Gasteiger partial charge in [-0.25, -0.2) is 9.97 Å². The first-order valence-electron chi connectivity index (χ1n) is 6.76. The van der Waals surface area contributed by atoms with Crippen LogP contribution in [-0.4, -0.2) is 42.4 Å². The molecule has 1 aliphatic carbocycles. The normalized spacial score (nSPS) is 16.3. The molecule has 7 heteroatoms. The maximum atomic E-state index is 10.8. The van der Waals surface area contributed by atoms with Crippen LogP contribution in [0.3, 0.4) is 0 Å². The molecule has 0 atom stereocenters. The number of rotatable bonds is 6. The van der Waals surface area contributed by atoms with Gasteiger partial charge in [-0.15, -0.1) is 0 Å². The van der Waals surface area contributed by atoms with Crippen LogP contribution in [0.5, 0.6) is 0 Å². The first-order valence-corrected chi connectivity index (χ1v) is 8.97. The number of aryl methyl sites for hydroxylation is 1. The molecule has 21 heavy (non-hydrogen) atoms. The second-order valence-electron chi connectivity index (χ2n) is 5.35. The van der Waals surface area contributed by atoms with E-state index in [0.29, 0.717) is 0 Å². The highest BCUT2D eigenvalue weighted by Crippen LogP contribution is 2.49. The summed E-state index contributed by atoms with van der Waals surface area (Å²) in [5.41, 5.74) is 2.82. The van der Waals surface area contributed by atoms with Crippen molar-refractivity contribution in [3.63, 3.8) is 0 Å². The van der Waals surface area contributed by atoms with Crippen LogP contribution in [0.4, 0.5) is 0 Å². The van der Waals surface area contributed by atoms with Gasteiger partial charge in [-0.1, -0.05) is 11.8 Å². The van der Waals surface area contributed by atoms with Crippen molar-refractivity contribution in [1.82, 2.24) is 14.5 Å². The molecular formula is C14H17N3O2S2. The molecule has 3 rings (SSSR count). The molecule has 0 bridgehead atoms. The van der Waals surface area contributed by atoms with E-state index in [1.807, 2.05) is 24.8 Å². The molecular weight excluding hydrogens is 306 g/mol. The number of aliphatic carboxylic acids is 1. The Labute approximate surface area is 131 Å². The molecule has 0 spiro atoms. The predicted octanol–water partition coefficient (Wildman–Crippen LogP) is 2.81. The van der Waals surface area contributed by atoms with Crippen LogP contribution >= 0.6 is 23.5 Å². The van der Waals surface area contributed by atoms with E-state index in [1.165, 1.54) is 24.6 Å². The third kappa shape index (κ3) is 2.89. The fourth-order valence-electron chi connectivity index (χ4n) is 2.35. The second kappa shape index (κ2) is 5.53. The lowest BCUT2D eigenvalue weighted by Crippen LogP contribution is -2.15. The molecule has 2 aromatic heterocycles. The van der Waals surface area contributed by atoms with Gasteiger partial charge >= 0.3 is 5.97 Å². The van der Waals surface area contributed by atoms with Gasteiger partial charge in [-0.2, -0.15) is 11.8 Å². The topological polar surface area (TPSA) is 68.0 Å². The van der Waals surface area contributed by atoms with Crippen LogP contribution < -0.4 is 0 Å². The van der Waals surface area contributed by atoms with Crippen molar-refractivity contribution in [3.05, 3.63) is 17.8 Å². The molecule has 1 saturated carbocycles. The second-order valence-corrected chi connectivity index (χ2v) is 7.57. The molecule has 2 heterocycles. The van der Waals surface area contributed by atoms with Crippen molar-refractivity contribution in [2.45, 2.75) is 36.2 Å². The number of carboxylic acid groups (broad SMARTS) is 1. The van der Waals surface area contributed by atoms with E-state index in [-0.39, 0.29) is 10.5 Å². The maximum Gasteiger partial charge on any atom is 0.313 e. The number of aromatic nitrogens is 3. The summed E-state index contributed by atoms with van der Waals surface area (Å²) in [6.45, 7) is 2.86. The Kier molecular flexibility index (Phi) is 3.88. The third-order valence-electron chi connectivity index (χ3n) is 3.81. The first-order chi connectivity index (χ1) is 10.0. The van der Waals surface area contributed by atoms with Gasteiger partial charge in [0.2, 0.25) is 0 Å². The van der Waals surface area contributed by atoms with Gasteiger partial charge in [0.15, 0.2) is 10.8 Å². The minimum Gasteiger partial charge on any atom is -0.481 e. The number of nitrogens with zero attached hydrogens (tertiary/aromatic N) is 3. The SMILES string of the molecule is CSC1(Cn2c(SCC(=O)O)nc3c(C)ccnc32)CC1. The molecule has 0 amide bonds. The van der Waals surface area contributed by atoms with Gasteiger partial charge in [0.1, 0.15) is 5.52 Å². The standard InChI is InChI=1S/C14H17N3O2S2/c1-9-3-6-15-12-11(9)16-13(21-7-10(18)19)17(12)8-14(20-2)4-5-14/h3,6H,4-5,7-8H2,1-2H3,(H,18,19). The van der Waals surface area contributed by atoms with E-state index in [0.717, 1.165) is 28.4 Å². The van der Waals surface area contributed by atoms with Gasteiger partial charge in [0, 0.05) is 17.5 Å². The molecule has 0 unspecified atom stereocenters. The minimum absolute atomic E-state index is 0.0225. The monoisotopic (exact) mass is 323 g/mol. The number of hydrogen-bond acceptors (Lipinski definition) is 5. The van der Waals surface area contributed by atoms with Gasteiger partial charge in [0.05, 0.1) is 5.75 Å². The first kappa shape index (κ1) is 14.7. The molecule has 1 fully saturated rings. The summed E-state index contributed by atoms with van der Waals surface area (Å²) in [5, 5.41) is 9.67. The number of thioether (sulfide) groups is 2. The fourth-order valence-corrected chi connectivity index (χ4v) is 3.84. The Bertz CT molecular complexity index is 695. The van der Waals surface area contributed by atoms with Crippen LogP contribution in [0, 0.1) is 6.92 Å². The molecule has 112 valence electrons. The van der Waals surface area contributed by atoms with Crippen molar-refractivity contribution in [1.29, 1.82) is 0 Å². The van der Waals surface area contributed by atoms with Crippen LogP contribution in [0.15, 0.2) is 17.4 Å². The molecule has 0 aliphatic heterocycles. The summed E-state index contributed by atoms with van der Waals surface area (Å²) >= 11 is 3.15. The average molecular weight is 323 g/mol. The smallest absolute Gasteiger partial charge is 0.313 e. The number of carbonyl (C=O) groups is 1. The Balaban J connectivity index is 2.02. The fraction of sp³-hybridized carbons (Fsp3) is 0.500. The number of imidazole rings is 1. The summed E-state index contributed by atoms with van der Waals surface area (Å²) in [6.07, 6.45) is 6.32. The zero-order chi connectivity index (χ0) is 15.0. The minimum atomic E-state index is -0.825. The van der Waals surface area contributed by atoms with E-state index >= 15 is 0 Å². The lowest BCUT2D eigenvalue weighted by Gasteiger charge is -2.15. The van der Waals surface area contributed by atoms with Crippen molar-refractivity contribution >= 4 is 40.7 Å². The zero-order valence-corrected chi connectivity index (χ0v) is 13.6. The molecule has 0 saturated heterocycles. The highest BCUT2D eigenvalue weighted by Gasteiger charge is 2.43. The predicted molar refractivity (Wildman–Crippen MR) is 86.1 cm³/mol. The third-order valence-corrected chi connectivity index (χ3v) is 6.18. The summed E-state index contributed by atoms with van der Waals surface area (Å²) in [6, 6.07) is 1.94.